The van der Waals surface area contributed by atoms with Gasteiger partial charge in [0.1, 0.15) is 5.82 Å². The number of nitro benzene ring substituents is 1. The number of halogens is 1. The average molecular weight is 401 g/mol. The number of anilines is 1. The minimum atomic E-state index is -0.985. The molecule has 10 heteroatoms. The number of rotatable bonds is 4. The SMILES string of the molecule is CC1=C(C(=O)Nc2ccc(F)cc2)[C@@H](c2cccc([N+](=O)[O-])c2[O-])NC(=S)N1. The molecule has 8 nitrogen and oxygen atoms in total. The number of hydrogen-bond acceptors (Lipinski definition) is 5. The van der Waals surface area contributed by atoms with Gasteiger partial charge in [-0.2, -0.15) is 0 Å². The molecule has 2 aromatic rings. The Morgan fingerprint density at radius 3 is 2.57 bits per heavy atom. The van der Waals surface area contributed by atoms with Crippen LogP contribution < -0.4 is 21.1 Å². The van der Waals surface area contributed by atoms with E-state index in [1.807, 2.05) is 0 Å². The van der Waals surface area contributed by atoms with Gasteiger partial charge < -0.3 is 21.1 Å². The van der Waals surface area contributed by atoms with Gasteiger partial charge in [-0.05, 0) is 54.7 Å². The summed E-state index contributed by atoms with van der Waals surface area (Å²) >= 11 is 5.11. The summed E-state index contributed by atoms with van der Waals surface area (Å²) in [6, 6.07) is 8.04. The number of hydrogen-bond donors (Lipinski definition) is 3. The number of nitrogens with one attached hydrogen (secondary N) is 3. The van der Waals surface area contributed by atoms with Crippen molar-refractivity contribution in [3.63, 3.8) is 0 Å². The monoisotopic (exact) mass is 401 g/mol. The average Bonchev–Trinajstić information content (AvgIpc) is 2.62. The Morgan fingerprint density at radius 1 is 1.25 bits per heavy atom. The second-order valence-electron chi connectivity index (χ2n) is 5.98. The summed E-state index contributed by atoms with van der Waals surface area (Å²) in [5.74, 6) is -1.83. The fourth-order valence-electron chi connectivity index (χ4n) is 2.87. The molecule has 1 aliphatic rings. The number of amides is 1. The Bertz CT molecular complexity index is 1010. The molecule has 1 aliphatic heterocycles. The number of nitro groups is 1. The first-order chi connectivity index (χ1) is 13.3. The summed E-state index contributed by atoms with van der Waals surface area (Å²) < 4.78 is 13.1. The molecular formula is C18H14FN4O4S-. The highest BCUT2D eigenvalue weighted by Crippen LogP contribution is 2.36. The van der Waals surface area contributed by atoms with Crippen LogP contribution in [0.3, 0.4) is 0 Å². The van der Waals surface area contributed by atoms with E-state index in [0.717, 1.165) is 6.07 Å². The standard InChI is InChI=1S/C18H15FN4O4S/c1-9-14(17(25)21-11-7-5-10(19)6-8-11)15(22-18(28)20-9)12-3-2-4-13(16(12)24)23(26)27/h2-8,15,24H,1H3,(H,21,25)(H2,20,22,28)/p-1/t15-/m1/s1. The van der Waals surface area contributed by atoms with Gasteiger partial charge in [0.25, 0.3) is 11.6 Å². The zero-order valence-corrected chi connectivity index (χ0v) is 15.3. The number of allylic oxidation sites excluding steroid dienone is 1. The van der Waals surface area contributed by atoms with Crippen molar-refractivity contribution in [1.82, 2.24) is 10.6 Å². The van der Waals surface area contributed by atoms with Crippen LogP contribution in [0.25, 0.3) is 0 Å². The molecule has 0 unspecified atom stereocenters. The van der Waals surface area contributed by atoms with Crippen LogP contribution in [0.2, 0.25) is 0 Å². The van der Waals surface area contributed by atoms with E-state index < -0.39 is 34.1 Å². The maximum atomic E-state index is 13.1. The third kappa shape index (κ3) is 3.76. The predicted molar refractivity (Wildman–Crippen MR) is 102 cm³/mol. The third-order valence-corrected chi connectivity index (χ3v) is 4.37. The van der Waals surface area contributed by atoms with Crippen molar-refractivity contribution < 1.29 is 19.2 Å². The molecule has 0 fully saturated rings. The summed E-state index contributed by atoms with van der Waals surface area (Å²) in [6.07, 6.45) is 0. The smallest absolute Gasteiger partial charge is 0.262 e. The first-order valence-corrected chi connectivity index (χ1v) is 8.48. The highest BCUT2D eigenvalue weighted by molar-refractivity contribution is 7.80. The maximum Gasteiger partial charge on any atom is 0.262 e. The zero-order chi connectivity index (χ0) is 20.4. The summed E-state index contributed by atoms with van der Waals surface area (Å²) in [5.41, 5.74) is 0.288. The molecular weight excluding hydrogens is 387 g/mol. The van der Waals surface area contributed by atoms with E-state index in [1.165, 1.54) is 36.4 Å². The van der Waals surface area contributed by atoms with E-state index in [0.29, 0.717) is 11.4 Å². The highest BCUT2D eigenvalue weighted by Gasteiger charge is 2.31. The van der Waals surface area contributed by atoms with Gasteiger partial charge in [-0.1, -0.05) is 12.1 Å². The van der Waals surface area contributed by atoms with Crippen LogP contribution in [0.15, 0.2) is 53.7 Å². The first kappa shape index (κ1) is 19.2. The molecule has 1 heterocycles. The van der Waals surface area contributed by atoms with Crippen molar-refractivity contribution in [3.8, 4) is 5.75 Å². The molecule has 0 radical (unpaired) electrons. The first-order valence-electron chi connectivity index (χ1n) is 8.07. The highest BCUT2D eigenvalue weighted by atomic mass is 32.1. The number of para-hydroxylation sites is 1. The van der Waals surface area contributed by atoms with Gasteiger partial charge in [0.05, 0.1) is 16.5 Å². The lowest BCUT2D eigenvalue weighted by molar-refractivity contribution is -0.398. The molecule has 3 rings (SSSR count). The van der Waals surface area contributed by atoms with E-state index in [9.17, 15) is 24.4 Å². The Balaban J connectivity index is 2.02. The summed E-state index contributed by atoms with van der Waals surface area (Å²) in [7, 11) is 0. The molecule has 1 amide bonds. The molecule has 0 spiro atoms. The molecule has 28 heavy (non-hydrogen) atoms. The number of carbonyl (C=O) groups is 1. The number of carbonyl (C=O) groups excluding carboxylic acids is 1. The van der Waals surface area contributed by atoms with Crippen molar-refractivity contribution >= 4 is 34.6 Å². The van der Waals surface area contributed by atoms with E-state index in [-0.39, 0.29) is 16.2 Å². The number of benzene rings is 2. The van der Waals surface area contributed by atoms with Gasteiger partial charge in [-0.3, -0.25) is 14.9 Å². The summed E-state index contributed by atoms with van der Waals surface area (Å²) in [6.45, 7) is 1.60. The van der Waals surface area contributed by atoms with Gasteiger partial charge in [-0.15, -0.1) is 0 Å². The van der Waals surface area contributed by atoms with Crippen LogP contribution in [-0.2, 0) is 4.79 Å². The maximum absolute atomic E-state index is 13.1. The Morgan fingerprint density at radius 2 is 1.93 bits per heavy atom. The van der Waals surface area contributed by atoms with Gasteiger partial charge in [-0.25, -0.2) is 4.39 Å². The van der Waals surface area contributed by atoms with Gasteiger partial charge in [0, 0.05) is 17.5 Å². The molecule has 2 aromatic carbocycles. The number of thiocarbonyl (C=S) groups is 1. The quantitative estimate of drug-likeness (QED) is 0.408. The van der Waals surface area contributed by atoms with E-state index in [4.69, 9.17) is 12.2 Å². The van der Waals surface area contributed by atoms with Gasteiger partial charge >= 0.3 is 0 Å². The molecule has 0 saturated carbocycles. The Labute approximate surface area is 164 Å². The molecule has 0 saturated heterocycles. The van der Waals surface area contributed by atoms with Gasteiger partial charge in [0.2, 0.25) is 0 Å². The molecule has 144 valence electrons. The van der Waals surface area contributed by atoms with Crippen LogP contribution in [0.5, 0.6) is 5.75 Å². The summed E-state index contributed by atoms with van der Waals surface area (Å²) in [4.78, 5) is 23.2. The zero-order valence-electron chi connectivity index (χ0n) is 14.5. The normalized spacial score (nSPS) is 16.2. The minimum absolute atomic E-state index is 0.0154. The summed E-state index contributed by atoms with van der Waals surface area (Å²) in [5, 5.41) is 32.1. The molecule has 3 N–H and O–H groups in total. The van der Waals surface area contributed by atoms with Crippen molar-refractivity contribution in [1.29, 1.82) is 0 Å². The molecule has 0 aliphatic carbocycles. The van der Waals surface area contributed by atoms with Crippen LogP contribution in [0, 0.1) is 15.9 Å². The second-order valence-corrected chi connectivity index (χ2v) is 6.39. The largest absolute Gasteiger partial charge is 0.868 e. The molecule has 0 aromatic heterocycles. The second kappa shape index (κ2) is 7.61. The fourth-order valence-corrected chi connectivity index (χ4v) is 3.14. The van der Waals surface area contributed by atoms with E-state index in [1.54, 1.807) is 6.92 Å². The van der Waals surface area contributed by atoms with Crippen molar-refractivity contribution in [2.24, 2.45) is 0 Å². The van der Waals surface area contributed by atoms with Crippen LogP contribution in [-0.4, -0.2) is 15.9 Å². The van der Waals surface area contributed by atoms with Crippen molar-refractivity contribution in [3.05, 3.63) is 75.2 Å². The third-order valence-electron chi connectivity index (χ3n) is 4.15. The lowest BCUT2D eigenvalue weighted by Gasteiger charge is -2.32. The molecule has 0 bridgehead atoms. The van der Waals surface area contributed by atoms with Crippen molar-refractivity contribution in [2.75, 3.05) is 5.32 Å². The minimum Gasteiger partial charge on any atom is -0.868 e. The fraction of sp³-hybridized carbons (Fsp3) is 0.111. The van der Waals surface area contributed by atoms with Gasteiger partial charge in [0.15, 0.2) is 5.11 Å². The lowest BCUT2D eigenvalue weighted by atomic mass is 9.93. The van der Waals surface area contributed by atoms with Crippen LogP contribution in [0.4, 0.5) is 15.8 Å². The lowest BCUT2D eigenvalue weighted by Crippen LogP contribution is -2.46. The molecule has 1 atom stereocenters. The predicted octanol–water partition coefficient (Wildman–Crippen LogP) is 2.24. The van der Waals surface area contributed by atoms with E-state index in [2.05, 4.69) is 16.0 Å². The van der Waals surface area contributed by atoms with Crippen LogP contribution >= 0.6 is 12.2 Å². The van der Waals surface area contributed by atoms with Crippen LogP contribution in [0.1, 0.15) is 18.5 Å². The Kier molecular flexibility index (Phi) is 5.23. The number of nitrogens with zero attached hydrogens (tertiary/aromatic N) is 1. The van der Waals surface area contributed by atoms with Crippen molar-refractivity contribution in [2.45, 2.75) is 13.0 Å². The van der Waals surface area contributed by atoms with E-state index >= 15 is 0 Å². The Hall–Kier alpha value is -3.53. The topological polar surface area (TPSA) is 119 Å².